The first-order valence-electron chi connectivity index (χ1n) is 6.51. The van der Waals surface area contributed by atoms with Gasteiger partial charge in [-0.15, -0.1) is 10.2 Å². The summed E-state index contributed by atoms with van der Waals surface area (Å²) in [6.07, 6.45) is 0. The second-order valence-electron chi connectivity index (χ2n) is 4.75. The summed E-state index contributed by atoms with van der Waals surface area (Å²) in [5, 5.41) is 14.3. The molecule has 2 heterocycles. The number of rotatable bonds is 1. The zero-order valence-corrected chi connectivity index (χ0v) is 11.0. The third-order valence-electron chi connectivity index (χ3n) is 3.45. The van der Waals surface area contributed by atoms with Crippen LogP contribution in [0.15, 0.2) is 54.6 Å². The van der Waals surface area contributed by atoms with Gasteiger partial charge in [-0.1, -0.05) is 36.4 Å². The second kappa shape index (κ2) is 4.13. The van der Waals surface area contributed by atoms with E-state index in [2.05, 4.69) is 21.4 Å². The molecule has 2 aromatic carbocycles. The van der Waals surface area contributed by atoms with E-state index >= 15 is 0 Å². The molecular weight excluding hydrogens is 248 g/mol. The van der Waals surface area contributed by atoms with Gasteiger partial charge in [-0.3, -0.25) is 0 Å². The van der Waals surface area contributed by atoms with Gasteiger partial charge in [0.25, 0.3) is 0 Å². The maximum Gasteiger partial charge on any atom is 0.135 e. The van der Waals surface area contributed by atoms with Crippen LogP contribution in [0.3, 0.4) is 0 Å². The van der Waals surface area contributed by atoms with Crippen molar-refractivity contribution in [3.8, 4) is 5.69 Å². The lowest BCUT2D eigenvalue weighted by atomic mass is 10.2. The zero-order chi connectivity index (χ0) is 13.5. The van der Waals surface area contributed by atoms with Crippen molar-refractivity contribution < 1.29 is 0 Å². The molecule has 0 saturated carbocycles. The number of hydrogen-bond acceptors (Lipinski definition) is 3. The Labute approximate surface area is 115 Å². The molecule has 4 heteroatoms. The molecule has 0 bridgehead atoms. The van der Waals surface area contributed by atoms with E-state index in [9.17, 15) is 0 Å². The molecule has 0 aliphatic carbocycles. The summed E-state index contributed by atoms with van der Waals surface area (Å²) < 4.78 is 1.95. The standard InChI is InChI=1S/C16H12N4/c1-11-15-16(13-9-5-6-10-14(13)17-18-15)20(19-11)12-7-3-2-4-8-12/h2-10H,1H3. The summed E-state index contributed by atoms with van der Waals surface area (Å²) in [5.74, 6) is 0. The quantitative estimate of drug-likeness (QED) is 0.527. The van der Waals surface area contributed by atoms with Crippen molar-refractivity contribution in [2.45, 2.75) is 6.92 Å². The van der Waals surface area contributed by atoms with Crippen LogP contribution in [0.1, 0.15) is 5.69 Å². The third kappa shape index (κ3) is 1.51. The molecule has 0 spiro atoms. The van der Waals surface area contributed by atoms with Gasteiger partial charge in [-0.05, 0) is 25.1 Å². The van der Waals surface area contributed by atoms with E-state index in [0.717, 1.165) is 33.3 Å². The minimum absolute atomic E-state index is 0.854. The highest BCUT2D eigenvalue weighted by Crippen LogP contribution is 2.26. The Hall–Kier alpha value is -2.75. The predicted molar refractivity (Wildman–Crippen MR) is 78.9 cm³/mol. The van der Waals surface area contributed by atoms with Crippen LogP contribution in [0.25, 0.3) is 27.6 Å². The lowest BCUT2D eigenvalue weighted by Gasteiger charge is -2.04. The summed E-state index contributed by atoms with van der Waals surface area (Å²) in [7, 11) is 0. The zero-order valence-electron chi connectivity index (χ0n) is 11.0. The number of aryl methyl sites for hydroxylation is 1. The molecule has 4 aromatic rings. The summed E-state index contributed by atoms with van der Waals surface area (Å²) >= 11 is 0. The molecule has 20 heavy (non-hydrogen) atoms. The van der Waals surface area contributed by atoms with Crippen LogP contribution in [0, 0.1) is 6.92 Å². The highest BCUT2D eigenvalue weighted by Gasteiger charge is 2.13. The van der Waals surface area contributed by atoms with Crippen molar-refractivity contribution in [2.75, 3.05) is 0 Å². The minimum atomic E-state index is 0.854. The molecule has 0 aliphatic rings. The monoisotopic (exact) mass is 260 g/mol. The number of fused-ring (bicyclic) bond motifs is 3. The van der Waals surface area contributed by atoms with Crippen LogP contribution >= 0.6 is 0 Å². The van der Waals surface area contributed by atoms with Crippen molar-refractivity contribution in [3.63, 3.8) is 0 Å². The van der Waals surface area contributed by atoms with Crippen LogP contribution < -0.4 is 0 Å². The van der Waals surface area contributed by atoms with Crippen LogP contribution in [-0.2, 0) is 0 Å². The minimum Gasteiger partial charge on any atom is -0.230 e. The molecule has 4 rings (SSSR count). The molecule has 0 amide bonds. The Morgan fingerprint density at radius 2 is 1.60 bits per heavy atom. The van der Waals surface area contributed by atoms with Gasteiger partial charge in [0.15, 0.2) is 0 Å². The van der Waals surface area contributed by atoms with Gasteiger partial charge in [-0.2, -0.15) is 5.10 Å². The van der Waals surface area contributed by atoms with E-state index in [1.807, 2.05) is 60.1 Å². The van der Waals surface area contributed by atoms with Crippen molar-refractivity contribution in [2.24, 2.45) is 0 Å². The van der Waals surface area contributed by atoms with E-state index in [-0.39, 0.29) is 0 Å². The smallest absolute Gasteiger partial charge is 0.135 e. The third-order valence-corrected chi connectivity index (χ3v) is 3.45. The number of hydrogen-bond donors (Lipinski definition) is 0. The SMILES string of the molecule is Cc1nn(-c2ccccc2)c2c1nnc1ccccc12. The number of benzene rings is 2. The molecule has 0 atom stereocenters. The molecule has 0 saturated heterocycles. The van der Waals surface area contributed by atoms with Crippen LogP contribution in [-0.4, -0.2) is 20.0 Å². The fourth-order valence-corrected chi connectivity index (χ4v) is 2.50. The van der Waals surface area contributed by atoms with Crippen LogP contribution in [0.5, 0.6) is 0 Å². The van der Waals surface area contributed by atoms with Crippen molar-refractivity contribution in [1.29, 1.82) is 0 Å². The van der Waals surface area contributed by atoms with Gasteiger partial charge in [-0.25, -0.2) is 4.68 Å². The van der Waals surface area contributed by atoms with Gasteiger partial charge in [0, 0.05) is 5.39 Å². The lowest BCUT2D eigenvalue weighted by molar-refractivity contribution is 0.891. The average molecular weight is 260 g/mol. The van der Waals surface area contributed by atoms with E-state index < -0.39 is 0 Å². The van der Waals surface area contributed by atoms with E-state index in [0.29, 0.717) is 0 Å². The molecule has 0 aliphatic heterocycles. The average Bonchev–Trinajstić information content (AvgIpc) is 2.86. The Kier molecular flexibility index (Phi) is 2.29. The predicted octanol–water partition coefficient (Wildman–Crippen LogP) is 3.28. The van der Waals surface area contributed by atoms with Crippen molar-refractivity contribution >= 4 is 21.9 Å². The Balaban J connectivity index is 2.19. The number of nitrogens with zero attached hydrogens (tertiary/aromatic N) is 4. The molecule has 4 nitrogen and oxygen atoms in total. The normalized spacial score (nSPS) is 11.2. The molecule has 96 valence electrons. The van der Waals surface area contributed by atoms with Gasteiger partial charge in [0.05, 0.1) is 16.9 Å². The number of para-hydroxylation sites is 1. The van der Waals surface area contributed by atoms with E-state index in [1.165, 1.54) is 0 Å². The lowest BCUT2D eigenvalue weighted by Crippen LogP contribution is -1.97. The first kappa shape index (κ1) is 11.1. The second-order valence-corrected chi connectivity index (χ2v) is 4.75. The molecule has 0 fully saturated rings. The topological polar surface area (TPSA) is 43.6 Å². The van der Waals surface area contributed by atoms with Gasteiger partial charge in [0.1, 0.15) is 11.0 Å². The molecule has 0 N–H and O–H groups in total. The maximum atomic E-state index is 4.62. The first-order valence-corrected chi connectivity index (χ1v) is 6.51. The Bertz CT molecular complexity index is 910. The largest absolute Gasteiger partial charge is 0.230 e. The molecule has 0 radical (unpaired) electrons. The first-order chi connectivity index (χ1) is 9.84. The van der Waals surface area contributed by atoms with E-state index in [4.69, 9.17) is 0 Å². The summed E-state index contributed by atoms with van der Waals surface area (Å²) in [4.78, 5) is 0. The number of aromatic nitrogens is 4. The van der Waals surface area contributed by atoms with Gasteiger partial charge >= 0.3 is 0 Å². The van der Waals surface area contributed by atoms with Crippen LogP contribution in [0.2, 0.25) is 0 Å². The van der Waals surface area contributed by atoms with Gasteiger partial charge in [0.2, 0.25) is 0 Å². The Morgan fingerprint density at radius 1 is 0.850 bits per heavy atom. The van der Waals surface area contributed by atoms with Crippen molar-refractivity contribution in [3.05, 3.63) is 60.3 Å². The fraction of sp³-hybridized carbons (Fsp3) is 0.0625. The molecule has 0 unspecified atom stereocenters. The summed E-state index contributed by atoms with van der Waals surface area (Å²) in [6, 6.07) is 18.1. The molecular formula is C16H12N4. The molecule has 2 aromatic heterocycles. The maximum absolute atomic E-state index is 4.62. The van der Waals surface area contributed by atoms with Crippen molar-refractivity contribution in [1.82, 2.24) is 20.0 Å². The summed E-state index contributed by atoms with van der Waals surface area (Å²) in [5.41, 5.74) is 4.68. The van der Waals surface area contributed by atoms with E-state index in [1.54, 1.807) is 0 Å². The fourth-order valence-electron chi connectivity index (χ4n) is 2.50. The van der Waals surface area contributed by atoms with Gasteiger partial charge < -0.3 is 0 Å². The summed E-state index contributed by atoms with van der Waals surface area (Å²) in [6.45, 7) is 1.96. The highest BCUT2D eigenvalue weighted by atomic mass is 15.3. The highest BCUT2D eigenvalue weighted by molar-refractivity contribution is 6.02. The Morgan fingerprint density at radius 3 is 2.45 bits per heavy atom. The van der Waals surface area contributed by atoms with Crippen LogP contribution in [0.4, 0.5) is 0 Å².